The zero-order valence-corrected chi connectivity index (χ0v) is 18.3. The van der Waals surface area contributed by atoms with E-state index in [0.717, 1.165) is 10.5 Å². The van der Waals surface area contributed by atoms with E-state index < -0.39 is 59.3 Å². The third-order valence-corrected chi connectivity index (χ3v) is 6.19. The third kappa shape index (κ3) is 6.18. The summed E-state index contributed by atoms with van der Waals surface area (Å²) in [7, 11) is -4.62. The summed E-state index contributed by atoms with van der Waals surface area (Å²) in [5.41, 5.74) is 1.87. The predicted molar refractivity (Wildman–Crippen MR) is 113 cm³/mol. The normalized spacial score (nSPS) is 18.1. The summed E-state index contributed by atoms with van der Waals surface area (Å²) in [4.78, 5) is 30.5. The number of nitrogens with zero attached hydrogens (tertiary/aromatic N) is 2. The van der Waals surface area contributed by atoms with Gasteiger partial charge in [-0.3, -0.25) is 14.6 Å². The maximum atomic E-state index is 13.9. The number of benzene rings is 1. The number of carbonyl (C=O) groups is 2. The van der Waals surface area contributed by atoms with Gasteiger partial charge in [0.25, 0.3) is 11.8 Å². The van der Waals surface area contributed by atoms with Crippen LogP contribution in [0, 0.1) is 6.92 Å². The van der Waals surface area contributed by atoms with Crippen molar-refractivity contribution in [2.24, 2.45) is 0 Å². The molecule has 1 unspecified atom stereocenters. The molecule has 174 valence electrons. The zero-order valence-electron chi connectivity index (χ0n) is 17.5. The largest absolute Gasteiger partial charge is 0.343 e. The van der Waals surface area contributed by atoms with E-state index in [1.54, 1.807) is 12.1 Å². The van der Waals surface area contributed by atoms with E-state index in [2.05, 4.69) is 10.3 Å². The SMILES string of the molecule is Cc1ccc2nccc(C(=O)NCC(=O)N3CC(F)(F)CC3CCCCS(=O)(=O)F)c2c1. The number of pyridine rings is 1. The first-order valence-electron chi connectivity index (χ1n) is 10.2. The summed E-state index contributed by atoms with van der Waals surface area (Å²) >= 11 is 0. The maximum Gasteiger partial charge on any atom is 0.302 e. The number of halogens is 3. The summed E-state index contributed by atoms with van der Waals surface area (Å²) in [6.07, 6.45) is 1.21. The molecule has 1 fully saturated rings. The van der Waals surface area contributed by atoms with Crippen LogP contribution in [0.4, 0.5) is 12.7 Å². The molecular formula is C21H24F3N3O4S. The molecule has 0 radical (unpaired) electrons. The highest BCUT2D eigenvalue weighted by Gasteiger charge is 2.46. The monoisotopic (exact) mass is 471 g/mol. The molecule has 7 nitrogen and oxygen atoms in total. The summed E-state index contributed by atoms with van der Waals surface area (Å²) in [6.45, 7) is 0.638. The van der Waals surface area contributed by atoms with Crippen LogP contribution >= 0.6 is 0 Å². The number of rotatable bonds is 8. The maximum absolute atomic E-state index is 13.9. The number of aryl methyl sites for hydroxylation is 1. The van der Waals surface area contributed by atoms with Crippen molar-refractivity contribution in [3.8, 4) is 0 Å². The van der Waals surface area contributed by atoms with Crippen molar-refractivity contribution in [2.45, 2.75) is 44.6 Å². The molecule has 1 aromatic heterocycles. The van der Waals surface area contributed by atoms with Gasteiger partial charge in [0.05, 0.1) is 29.9 Å². The lowest BCUT2D eigenvalue weighted by Gasteiger charge is -2.24. The first-order valence-corrected chi connectivity index (χ1v) is 11.7. The Bertz CT molecular complexity index is 1120. The average Bonchev–Trinajstić information content (AvgIpc) is 3.02. The number of carbonyl (C=O) groups excluding carboxylic acids is 2. The van der Waals surface area contributed by atoms with Crippen LogP contribution in [-0.4, -0.2) is 60.9 Å². The van der Waals surface area contributed by atoms with Crippen molar-refractivity contribution in [1.29, 1.82) is 0 Å². The van der Waals surface area contributed by atoms with Crippen LogP contribution in [0.15, 0.2) is 30.5 Å². The standard InChI is InChI=1S/C21H24F3N3O4S/c1-14-5-6-18-17(10-14)16(7-8-25-18)20(29)26-12-19(28)27-13-21(22,23)11-15(27)4-2-3-9-32(24,30)31/h5-8,10,15H,2-4,9,11-13H2,1H3,(H,26,29). The minimum Gasteiger partial charge on any atom is -0.343 e. The van der Waals surface area contributed by atoms with Crippen LogP contribution < -0.4 is 5.32 Å². The van der Waals surface area contributed by atoms with Crippen molar-refractivity contribution in [3.63, 3.8) is 0 Å². The Hall–Kier alpha value is -2.69. The van der Waals surface area contributed by atoms with Gasteiger partial charge < -0.3 is 10.2 Å². The topological polar surface area (TPSA) is 96.4 Å². The molecule has 2 aromatic rings. The van der Waals surface area contributed by atoms with Crippen LogP contribution in [0.1, 0.15) is 41.6 Å². The molecule has 32 heavy (non-hydrogen) atoms. The van der Waals surface area contributed by atoms with Gasteiger partial charge in [-0.1, -0.05) is 18.1 Å². The number of unbranched alkanes of at least 4 members (excludes halogenated alkanes) is 1. The number of nitrogens with one attached hydrogen (secondary N) is 1. The first-order chi connectivity index (χ1) is 15.0. The van der Waals surface area contributed by atoms with Crippen LogP contribution in [-0.2, 0) is 15.0 Å². The van der Waals surface area contributed by atoms with Crippen molar-refractivity contribution in [3.05, 3.63) is 41.6 Å². The van der Waals surface area contributed by atoms with E-state index in [-0.39, 0.29) is 19.3 Å². The number of hydrogen-bond donors (Lipinski definition) is 1. The second-order valence-corrected chi connectivity index (χ2v) is 9.52. The van der Waals surface area contributed by atoms with Gasteiger partial charge in [0.15, 0.2) is 0 Å². The molecule has 1 aliphatic heterocycles. The fraction of sp³-hybridized carbons (Fsp3) is 0.476. The van der Waals surface area contributed by atoms with Gasteiger partial charge >= 0.3 is 10.2 Å². The molecule has 1 aromatic carbocycles. The number of amides is 2. The predicted octanol–water partition coefficient (Wildman–Crippen LogP) is 2.98. The smallest absolute Gasteiger partial charge is 0.302 e. The van der Waals surface area contributed by atoms with Gasteiger partial charge in [-0.15, -0.1) is 3.89 Å². The molecule has 1 N–H and O–H groups in total. The fourth-order valence-corrected chi connectivity index (χ4v) is 4.46. The Labute approximate surface area is 184 Å². The molecule has 1 atom stereocenters. The van der Waals surface area contributed by atoms with Crippen LogP contribution in [0.5, 0.6) is 0 Å². The number of hydrogen-bond acceptors (Lipinski definition) is 5. The Morgan fingerprint density at radius 2 is 2.00 bits per heavy atom. The summed E-state index contributed by atoms with van der Waals surface area (Å²) in [5, 5.41) is 3.11. The van der Waals surface area contributed by atoms with Gasteiger partial charge in [0.1, 0.15) is 0 Å². The lowest BCUT2D eigenvalue weighted by molar-refractivity contribution is -0.132. The number of fused-ring (bicyclic) bond motifs is 1. The Balaban J connectivity index is 1.62. The molecule has 0 bridgehead atoms. The molecular weight excluding hydrogens is 447 g/mol. The summed E-state index contributed by atoms with van der Waals surface area (Å²) < 4.78 is 61.6. The van der Waals surface area contributed by atoms with Crippen molar-refractivity contribution < 1.29 is 30.7 Å². The lowest BCUT2D eigenvalue weighted by Crippen LogP contribution is -2.43. The second-order valence-electron chi connectivity index (χ2n) is 8.04. The molecule has 0 aliphatic carbocycles. The fourth-order valence-electron chi connectivity index (χ4n) is 3.91. The van der Waals surface area contributed by atoms with Crippen LogP contribution in [0.3, 0.4) is 0 Å². The highest BCUT2D eigenvalue weighted by molar-refractivity contribution is 7.86. The highest BCUT2D eigenvalue weighted by Crippen LogP contribution is 2.34. The number of alkyl halides is 2. The Morgan fingerprint density at radius 3 is 2.72 bits per heavy atom. The molecule has 11 heteroatoms. The van der Waals surface area contributed by atoms with E-state index in [4.69, 9.17) is 0 Å². The van der Waals surface area contributed by atoms with Gasteiger partial charge in [0, 0.05) is 24.0 Å². The molecule has 1 aliphatic rings. The average molecular weight is 472 g/mol. The van der Waals surface area contributed by atoms with Crippen molar-refractivity contribution >= 4 is 32.9 Å². The van der Waals surface area contributed by atoms with E-state index >= 15 is 0 Å². The molecule has 1 saturated heterocycles. The molecule has 0 saturated carbocycles. The molecule has 2 amide bonds. The van der Waals surface area contributed by atoms with E-state index in [1.807, 2.05) is 13.0 Å². The van der Waals surface area contributed by atoms with E-state index in [9.17, 15) is 30.7 Å². The van der Waals surface area contributed by atoms with Crippen molar-refractivity contribution in [2.75, 3.05) is 18.8 Å². The van der Waals surface area contributed by atoms with Gasteiger partial charge in [-0.2, -0.15) is 8.42 Å². The lowest BCUT2D eigenvalue weighted by atomic mass is 10.1. The third-order valence-electron chi connectivity index (χ3n) is 5.41. The highest BCUT2D eigenvalue weighted by atomic mass is 32.3. The minimum atomic E-state index is -4.62. The summed E-state index contributed by atoms with van der Waals surface area (Å²) in [5.74, 6) is -4.94. The molecule has 3 rings (SSSR count). The van der Waals surface area contributed by atoms with E-state index in [1.165, 1.54) is 12.3 Å². The number of aromatic nitrogens is 1. The van der Waals surface area contributed by atoms with Gasteiger partial charge in [-0.25, -0.2) is 8.78 Å². The van der Waals surface area contributed by atoms with Crippen LogP contribution in [0.25, 0.3) is 10.9 Å². The number of likely N-dealkylation sites (tertiary alicyclic amines) is 1. The molecule has 0 spiro atoms. The minimum absolute atomic E-state index is 0.0196. The zero-order chi connectivity index (χ0) is 23.5. The van der Waals surface area contributed by atoms with Crippen molar-refractivity contribution in [1.82, 2.24) is 15.2 Å². The molecule has 2 heterocycles. The van der Waals surface area contributed by atoms with Crippen LogP contribution in [0.2, 0.25) is 0 Å². The Morgan fingerprint density at radius 1 is 1.25 bits per heavy atom. The van der Waals surface area contributed by atoms with Gasteiger partial charge in [-0.05, 0) is 38.0 Å². The van der Waals surface area contributed by atoms with E-state index in [0.29, 0.717) is 16.5 Å². The quantitative estimate of drug-likeness (QED) is 0.472. The Kier molecular flexibility index (Phi) is 7.06. The second kappa shape index (κ2) is 9.43. The van der Waals surface area contributed by atoms with Gasteiger partial charge in [0.2, 0.25) is 5.91 Å². The summed E-state index contributed by atoms with van der Waals surface area (Å²) in [6, 6.07) is 6.15. The first kappa shape index (κ1) is 24.0.